The molecule has 3 heterocycles. The number of benzene rings is 2. The topological polar surface area (TPSA) is 77.1 Å². The minimum atomic E-state index is -0.387. The van der Waals surface area contributed by atoms with Crippen LogP contribution in [-0.4, -0.2) is 52.2 Å². The molecule has 0 unspecified atom stereocenters. The van der Waals surface area contributed by atoms with Crippen molar-refractivity contribution in [1.29, 1.82) is 0 Å². The molecule has 0 amide bonds. The minimum absolute atomic E-state index is 0.236. The summed E-state index contributed by atoms with van der Waals surface area (Å²) in [6.07, 6.45) is 0. The maximum Gasteiger partial charge on any atom is 0.328 e. The number of anilines is 1. The lowest BCUT2D eigenvalue weighted by molar-refractivity contribution is 0.246. The molecule has 0 aliphatic carbocycles. The fourth-order valence-corrected chi connectivity index (χ4v) is 4.16. The second-order valence-electron chi connectivity index (χ2n) is 7.61. The first kappa shape index (κ1) is 18.6. The van der Waals surface area contributed by atoms with Crippen LogP contribution in [-0.2, 0) is 6.54 Å². The van der Waals surface area contributed by atoms with Crippen LogP contribution in [0.5, 0.6) is 0 Å². The third-order valence-corrected chi connectivity index (χ3v) is 5.85. The number of aromatic nitrogens is 3. The Hall–Kier alpha value is -3.39. The minimum Gasteiger partial charge on any atom is -0.369 e. The van der Waals surface area contributed by atoms with Crippen LogP contribution in [0.4, 0.5) is 10.1 Å². The summed E-state index contributed by atoms with van der Waals surface area (Å²) in [6, 6.07) is 14.1. The van der Waals surface area contributed by atoms with Crippen molar-refractivity contribution in [3.8, 4) is 0 Å². The third kappa shape index (κ3) is 3.29. The van der Waals surface area contributed by atoms with E-state index in [1.54, 1.807) is 12.1 Å². The maximum atomic E-state index is 13.1. The zero-order chi connectivity index (χ0) is 20.7. The second kappa shape index (κ2) is 7.46. The van der Waals surface area contributed by atoms with Gasteiger partial charge in [-0.3, -0.25) is 14.3 Å². The lowest BCUT2D eigenvalue weighted by atomic mass is 10.2. The molecule has 2 aromatic heterocycles. The molecule has 0 bridgehead atoms. The van der Waals surface area contributed by atoms with Crippen molar-refractivity contribution in [3.63, 3.8) is 0 Å². The normalized spacial score (nSPS) is 15.3. The van der Waals surface area contributed by atoms with Gasteiger partial charge in [-0.25, -0.2) is 9.18 Å². The summed E-state index contributed by atoms with van der Waals surface area (Å²) in [7, 11) is 0. The third-order valence-electron chi connectivity index (χ3n) is 5.85. The van der Waals surface area contributed by atoms with Crippen LogP contribution in [0, 0.1) is 5.82 Å². The molecule has 1 saturated heterocycles. The molecule has 0 atom stereocenters. The molecule has 2 N–H and O–H groups in total. The number of H-pyrrole nitrogens is 2. The second-order valence-corrected chi connectivity index (χ2v) is 7.61. The Morgan fingerprint density at radius 2 is 1.57 bits per heavy atom. The van der Waals surface area contributed by atoms with Crippen LogP contribution in [0.25, 0.3) is 21.9 Å². The molecule has 1 fully saturated rings. The zero-order valence-electron chi connectivity index (χ0n) is 16.4. The first-order valence-electron chi connectivity index (χ1n) is 10.1. The van der Waals surface area contributed by atoms with E-state index in [2.05, 4.69) is 19.8 Å². The summed E-state index contributed by atoms with van der Waals surface area (Å²) in [4.78, 5) is 35.9. The summed E-state index contributed by atoms with van der Waals surface area (Å²) in [6.45, 7) is 4.22. The van der Waals surface area contributed by atoms with Crippen LogP contribution in [0.3, 0.4) is 0 Å². The highest BCUT2D eigenvalue weighted by molar-refractivity contribution is 6.04. The summed E-state index contributed by atoms with van der Waals surface area (Å²) in [5.74, 6) is -0.236. The molecule has 0 saturated carbocycles. The number of rotatable bonds is 4. The van der Waals surface area contributed by atoms with Gasteiger partial charge >= 0.3 is 5.69 Å². The molecule has 5 rings (SSSR count). The van der Waals surface area contributed by atoms with Crippen LogP contribution >= 0.6 is 0 Å². The van der Waals surface area contributed by atoms with Crippen LogP contribution < -0.4 is 16.1 Å². The number of nitrogens with one attached hydrogen (secondary N) is 2. The monoisotopic (exact) mass is 407 g/mol. The highest BCUT2D eigenvalue weighted by atomic mass is 19.1. The molecule has 8 heteroatoms. The van der Waals surface area contributed by atoms with Crippen LogP contribution in [0.15, 0.2) is 58.1 Å². The van der Waals surface area contributed by atoms with E-state index in [-0.39, 0.29) is 17.1 Å². The van der Waals surface area contributed by atoms with Crippen molar-refractivity contribution in [1.82, 2.24) is 19.4 Å². The van der Waals surface area contributed by atoms with Gasteiger partial charge in [0.1, 0.15) is 11.3 Å². The standard InChI is InChI=1S/C22H22FN5O2/c23-15-5-7-16(8-6-15)27-12-9-26(10-13-27)11-14-28-21(29)20-19(25-22(28)30)17-3-1-2-4-18(17)24-20/h1-8,24H,9-14H2,(H,25,30). The number of hydrogen-bond acceptors (Lipinski definition) is 4. The van der Waals surface area contributed by atoms with Crippen LogP contribution in [0.1, 0.15) is 0 Å². The predicted molar refractivity (Wildman–Crippen MR) is 116 cm³/mol. The van der Waals surface area contributed by atoms with E-state index in [1.807, 2.05) is 24.3 Å². The number of fused-ring (bicyclic) bond motifs is 3. The van der Waals surface area contributed by atoms with Gasteiger partial charge in [-0.1, -0.05) is 18.2 Å². The summed E-state index contributed by atoms with van der Waals surface area (Å²) in [5.41, 5.74) is 2.14. The highest BCUT2D eigenvalue weighted by Gasteiger charge is 2.18. The first-order chi connectivity index (χ1) is 14.6. The SMILES string of the molecule is O=c1[nH]c2c([nH]c3ccccc32)c(=O)n1CCN1CCN(c2ccc(F)cc2)CC1. The van der Waals surface area contributed by atoms with Gasteiger partial charge in [0.25, 0.3) is 5.56 Å². The molecule has 2 aromatic carbocycles. The lowest BCUT2D eigenvalue weighted by Crippen LogP contribution is -2.48. The average molecular weight is 407 g/mol. The van der Waals surface area contributed by atoms with Gasteiger partial charge in [0.2, 0.25) is 0 Å². The Balaban J connectivity index is 1.30. The van der Waals surface area contributed by atoms with E-state index in [1.165, 1.54) is 16.7 Å². The number of nitrogens with zero attached hydrogens (tertiary/aromatic N) is 3. The van der Waals surface area contributed by atoms with Crippen molar-refractivity contribution in [3.05, 3.63) is 75.2 Å². The van der Waals surface area contributed by atoms with Crippen molar-refractivity contribution in [2.45, 2.75) is 6.54 Å². The van der Waals surface area contributed by atoms with Crippen molar-refractivity contribution < 1.29 is 4.39 Å². The van der Waals surface area contributed by atoms with Gasteiger partial charge in [0.15, 0.2) is 0 Å². The van der Waals surface area contributed by atoms with Gasteiger partial charge in [0, 0.05) is 55.9 Å². The fraction of sp³-hybridized carbons (Fsp3) is 0.273. The highest BCUT2D eigenvalue weighted by Crippen LogP contribution is 2.20. The zero-order valence-corrected chi connectivity index (χ0v) is 16.4. The van der Waals surface area contributed by atoms with Gasteiger partial charge in [-0.05, 0) is 30.3 Å². The van der Waals surface area contributed by atoms with Gasteiger partial charge in [-0.15, -0.1) is 0 Å². The summed E-state index contributed by atoms with van der Waals surface area (Å²) in [5, 5.41) is 0.839. The Labute approximate surface area is 171 Å². The number of hydrogen-bond donors (Lipinski definition) is 2. The van der Waals surface area contributed by atoms with Crippen molar-refractivity contribution in [2.75, 3.05) is 37.6 Å². The van der Waals surface area contributed by atoms with E-state index in [4.69, 9.17) is 0 Å². The van der Waals surface area contributed by atoms with Crippen molar-refractivity contribution in [2.24, 2.45) is 0 Å². The molecule has 0 spiro atoms. The number of halogens is 1. The summed E-state index contributed by atoms with van der Waals surface area (Å²) >= 11 is 0. The number of para-hydroxylation sites is 1. The fourth-order valence-electron chi connectivity index (χ4n) is 4.16. The summed E-state index contributed by atoms with van der Waals surface area (Å²) < 4.78 is 14.4. The molecule has 0 radical (unpaired) electrons. The molecular formula is C22H22FN5O2. The Morgan fingerprint density at radius 1 is 0.833 bits per heavy atom. The molecule has 1 aliphatic heterocycles. The molecule has 4 aromatic rings. The maximum absolute atomic E-state index is 13.1. The van der Waals surface area contributed by atoms with E-state index < -0.39 is 0 Å². The Kier molecular flexibility index (Phi) is 4.63. The van der Waals surface area contributed by atoms with E-state index in [0.717, 1.165) is 42.8 Å². The molecule has 1 aliphatic rings. The van der Waals surface area contributed by atoms with Crippen molar-refractivity contribution >= 4 is 27.6 Å². The van der Waals surface area contributed by atoms with E-state index in [9.17, 15) is 14.0 Å². The first-order valence-corrected chi connectivity index (χ1v) is 10.1. The van der Waals surface area contributed by atoms with Gasteiger partial charge in [-0.2, -0.15) is 0 Å². The number of aromatic amines is 2. The Bertz CT molecular complexity index is 1310. The number of piperazine rings is 1. The van der Waals surface area contributed by atoms with Gasteiger partial charge < -0.3 is 14.9 Å². The predicted octanol–water partition coefficient (Wildman–Crippen LogP) is 2.13. The molecule has 154 valence electrons. The lowest BCUT2D eigenvalue weighted by Gasteiger charge is -2.36. The molecular weight excluding hydrogens is 385 g/mol. The van der Waals surface area contributed by atoms with E-state index in [0.29, 0.717) is 24.1 Å². The molecule has 30 heavy (non-hydrogen) atoms. The molecule has 7 nitrogen and oxygen atoms in total. The quantitative estimate of drug-likeness (QED) is 0.543. The van der Waals surface area contributed by atoms with E-state index >= 15 is 0 Å². The van der Waals surface area contributed by atoms with Gasteiger partial charge in [0.05, 0.1) is 5.52 Å². The average Bonchev–Trinajstić information content (AvgIpc) is 3.13. The largest absolute Gasteiger partial charge is 0.369 e. The smallest absolute Gasteiger partial charge is 0.328 e. The van der Waals surface area contributed by atoms with Crippen LogP contribution in [0.2, 0.25) is 0 Å². The Morgan fingerprint density at radius 3 is 2.33 bits per heavy atom.